The van der Waals surface area contributed by atoms with Crippen molar-refractivity contribution in [3.63, 3.8) is 0 Å². The second kappa shape index (κ2) is 4.12. The number of nitrogens with one attached hydrogen (secondary N) is 1. The van der Waals surface area contributed by atoms with Gasteiger partial charge in [-0.05, 0) is 12.1 Å². The molecular formula is C8H8N2O2. The largest absolute Gasteiger partial charge is 0.477 e. The molecule has 0 aliphatic carbocycles. The van der Waals surface area contributed by atoms with Crippen LogP contribution in [-0.4, -0.2) is 17.3 Å². The summed E-state index contributed by atoms with van der Waals surface area (Å²) in [6.45, 7) is 0. The molecule has 1 aromatic rings. The first-order valence-electron chi connectivity index (χ1n) is 3.36. The summed E-state index contributed by atoms with van der Waals surface area (Å²) < 4.78 is 0. The van der Waals surface area contributed by atoms with Crippen LogP contribution in [0.1, 0.15) is 0 Å². The summed E-state index contributed by atoms with van der Waals surface area (Å²) in [7, 11) is 0. The van der Waals surface area contributed by atoms with Gasteiger partial charge in [-0.2, -0.15) is 5.10 Å². The zero-order valence-electron chi connectivity index (χ0n) is 6.27. The van der Waals surface area contributed by atoms with E-state index < -0.39 is 5.97 Å². The van der Waals surface area contributed by atoms with E-state index in [-0.39, 0.29) is 0 Å². The minimum Gasteiger partial charge on any atom is -0.477 e. The number of hydrogen-bond donors (Lipinski definition) is 2. The van der Waals surface area contributed by atoms with Gasteiger partial charge in [0.1, 0.15) is 6.21 Å². The van der Waals surface area contributed by atoms with Crippen LogP contribution in [0.2, 0.25) is 0 Å². The molecule has 2 N–H and O–H groups in total. The molecule has 12 heavy (non-hydrogen) atoms. The third kappa shape index (κ3) is 2.83. The molecule has 0 saturated carbocycles. The van der Waals surface area contributed by atoms with Gasteiger partial charge in [0.25, 0.3) is 0 Å². The molecule has 4 nitrogen and oxygen atoms in total. The molecular weight excluding hydrogens is 156 g/mol. The number of anilines is 1. The first-order valence-corrected chi connectivity index (χ1v) is 3.36. The van der Waals surface area contributed by atoms with Crippen LogP contribution < -0.4 is 5.43 Å². The molecule has 0 bridgehead atoms. The van der Waals surface area contributed by atoms with Crippen molar-refractivity contribution in [2.75, 3.05) is 5.43 Å². The Bertz CT molecular complexity index is 282. The van der Waals surface area contributed by atoms with E-state index in [0.29, 0.717) is 0 Å². The van der Waals surface area contributed by atoms with E-state index in [1.165, 1.54) is 0 Å². The molecule has 0 radical (unpaired) electrons. The standard InChI is InChI=1S/C8H8N2O2/c11-8(12)6-9-10-7-4-2-1-3-5-7/h1-6,10H,(H,11,12)/b9-6+. The molecule has 1 rings (SSSR count). The number of carboxylic acids is 1. The molecule has 0 atom stereocenters. The predicted octanol–water partition coefficient (Wildman–Crippen LogP) is 1.17. The first kappa shape index (κ1) is 8.26. The molecule has 0 heterocycles. The fraction of sp³-hybridized carbons (Fsp3) is 0. The zero-order valence-corrected chi connectivity index (χ0v) is 6.27. The van der Waals surface area contributed by atoms with Gasteiger partial charge in [0, 0.05) is 0 Å². The second-order valence-electron chi connectivity index (χ2n) is 2.07. The highest BCUT2D eigenvalue weighted by Crippen LogP contribution is 2.03. The average Bonchev–Trinajstić information content (AvgIpc) is 2.05. The maximum Gasteiger partial charge on any atom is 0.348 e. The van der Waals surface area contributed by atoms with Gasteiger partial charge < -0.3 is 5.11 Å². The van der Waals surface area contributed by atoms with Crippen molar-refractivity contribution in [3.05, 3.63) is 30.3 Å². The number of carboxylic acid groups (broad SMARTS) is 1. The highest BCUT2D eigenvalue weighted by atomic mass is 16.4. The van der Waals surface area contributed by atoms with Gasteiger partial charge in [-0.3, -0.25) is 5.43 Å². The predicted molar refractivity (Wildman–Crippen MR) is 46.2 cm³/mol. The second-order valence-corrected chi connectivity index (χ2v) is 2.07. The average molecular weight is 164 g/mol. The summed E-state index contributed by atoms with van der Waals surface area (Å²) in [6.07, 6.45) is 0.799. The van der Waals surface area contributed by atoms with Crippen LogP contribution >= 0.6 is 0 Å². The van der Waals surface area contributed by atoms with Crippen molar-refractivity contribution in [2.24, 2.45) is 5.10 Å². The number of para-hydroxylation sites is 1. The van der Waals surface area contributed by atoms with E-state index in [9.17, 15) is 4.79 Å². The number of aliphatic carboxylic acids is 1. The lowest BCUT2D eigenvalue weighted by atomic mass is 10.3. The van der Waals surface area contributed by atoms with E-state index in [1.54, 1.807) is 12.1 Å². The van der Waals surface area contributed by atoms with Crippen molar-refractivity contribution >= 4 is 17.9 Å². The Hall–Kier alpha value is -1.84. The highest BCUT2D eigenvalue weighted by molar-refractivity contribution is 6.22. The molecule has 1 aromatic carbocycles. The molecule has 0 fully saturated rings. The number of benzene rings is 1. The normalized spacial score (nSPS) is 10.0. The Morgan fingerprint density at radius 2 is 2.08 bits per heavy atom. The monoisotopic (exact) mass is 164 g/mol. The molecule has 0 spiro atoms. The molecule has 62 valence electrons. The van der Waals surface area contributed by atoms with E-state index in [0.717, 1.165) is 11.9 Å². The smallest absolute Gasteiger partial charge is 0.348 e. The van der Waals surface area contributed by atoms with Crippen molar-refractivity contribution in [2.45, 2.75) is 0 Å². The summed E-state index contributed by atoms with van der Waals surface area (Å²) in [5.41, 5.74) is 3.32. The van der Waals surface area contributed by atoms with Crippen molar-refractivity contribution in [1.82, 2.24) is 0 Å². The topological polar surface area (TPSA) is 61.7 Å². The van der Waals surface area contributed by atoms with Crippen LogP contribution in [0.3, 0.4) is 0 Å². The minimum atomic E-state index is -1.07. The molecule has 0 amide bonds. The summed E-state index contributed by atoms with van der Waals surface area (Å²) in [5, 5.41) is 11.7. The number of nitrogens with zero attached hydrogens (tertiary/aromatic N) is 1. The number of carbonyl (C=O) groups is 1. The summed E-state index contributed by atoms with van der Waals surface area (Å²) in [4.78, 5) is 10.0. The number of hydrazone groups is 1. The number of hydrogen-bond acceptors (Lipinski definition) is 3. The Balaban J connectivity index is 2.49. The fourth-order valence-corrected chi connectivity index (χ4v) is 0.675. The zero-order chi connectivity index (χ0) is 8.81. The van der Waals surface area contributed by atoms with E-state index in [1.807, 2.05) is 18.2 Å². The van der Waals surface area contributed by atoms with Crippen LogP contribution in [0.25, 0.3) is 0 Å². The molecule has 0 unspecified atom stereocenters. The maximum atomic E-state index is 10.0. The Morgan fingerprint density at radius 1 is 1.42 bits per heavy atom. The van der Waals surface area contributed by atoms with Crippen LogP contribution in [0.5, 0.6) is 0 Å². The summed E-state index contributed by atoms with van der Waals surface area (Å²) in [5.74, 6) is -1.07. The van der Waals surface area contributed by atoms with E-state index >= 15 is 0 Å². The van der Waals surface area contributed by atoms with Gasteiger partial charge in [0.15, 0.2) is 0 Å². The lowest BCUT2D eigenvalue weighted by molar-refractivity contribution is -0.128. The number of rotatable bonds is 3. The minimum absolute atomic E-state index is 0.759. The third-order valence-corrected chi connectivity index (χ3v) is 1.14. The van der Waals surface area contributed by atoms with Gasteiger partial charge in [-0.1, -0.05) is 18.2 Å². The van der Waals surface area contributed by atoms with Gasteiger partial charge >= 0.3 is 5.97 Å². The summed E-state index contributed by atoms with van der Waals surface area (Å²) in [6, 6.07) is 9.11. The maximum absolute atomic E-state index is 10.0. The van der Waals surface area contributed by atoms with E-state index in [2.05, 4.69) is 10.5 Å². The van der Waals surface area contributed by atoms with Crippen molar-refractivity contribution in [1.29, 1.82) is 0 Å². The quantitative estimate of drug-likeness (QED) is 0.520. The Kier molecular flexibility index (Phi) is 2.84. The van der Waals surface area contributed by atoms with Crippen LogP contribution in [0.15, 0.2) is 35.4 Å². The SMILES string of the molecule is O=C(O)/C=N/Nc1ccccc1. The lowest BCUT2D eigenvalue weighted by Gasteiger charge is -1.96. The van der Waals surface area contributed by atoms with Crippen molar-refractivity contribution in [3.8, 4) is 0 Å². The Morgan fingerprint density at radius 3 is 2.67 bits per heavy atom. The highest BCUT2D eigenvalue weighted by Gasteiger charge is 1.86. The fourth-order valence-electron chi connectivity index (χ4n) is 0.675. The van der Waals surface area contributed by atoms with Gasteiger partial charge in [0.2, 0.25) is 0 Å². The molecule has 4 heteroatoms. The molecule has 0 aliphatic rings. The lowest BCUT2D eigenvalue weighted by Crippen LogP contribution is -1.98. The Labute approximate surface area is 69.5 Å². The van der Waals surface area contributed by atoms with Gasteiger partial charge in [-0.25, -0.2) is 4.79 Å². The van der Waals surface area contributed by atoms with Gasteiger partial charge in [-0.15, -0.1) is 0 Å². The first-order chi connectivity index (χ1) is 5.79. The molecule has 0 aliphatic heterocycles. The third-order valence-electron chi connectivity index (χ3n) is 1.14. The molecule has 0 aromatic heterocycles. The van der Waals surface area contributed by atoms with Crippen molar-refractivity contribution < 1.29 is 9.90 Å². The molecule has 0 saturated heterocycles. The van der Waals surface area contributed by atoms with E-state index in [4.69, 9.17) is 5.11 Å². The van der Waals surface area contributed by atoms with Gasteiger partial charge in [0.05, 0.1) is 5.69 Å². The van der Waals surface area contributed by atoms with Crippen LogP contribution in [0, 0.1) is 0 Å². The summed E-state index contributed by atoms with van der Waals surface area (Å²) >= 11 is 0. The van der Waals surface area contributed by atoms with Crippen LogP contribution in [-0.2, 0) is 4.79 Å². The van der Waals surface area contributed by atoms with Crippen LogP contribution in [0.4, 0.5) is 5.69 Å².